The highest BCUT2D eigenvalue weighted by Crippen LogP contribution is 2.30. The van der Waals surface area contributed by atoms with Crippen LogP contribution in [0.2, 0.25) is 0 Å². The molecule has 14 heavy (non-hydrogen) atoms. The maximum absolute atomic E-state index is 5.79. The summed E-state index contributed by atoms with van der Waals surface area (Å²) in [6, 6.07) is 2.03. The fraction of sp³-hybridized carbons (Fsp3) is 0.545. The highest BCUT2D eigenvalue weighted by molar-refractivity contribution is 5.47. The normalized spacial score (nSPS) is 15.3. The van der Waals surface area contributed by atoms with E-state index in [1.165, 1.54) is 12.8 Å². The molecule has 1 N–H and O–H groups in total. The molecule has 0 aliphatic heterocycles. The van der Waals surface area contributed by atoms with Crippen molar-refractivity contribution in [3.63, 3.8) is 0 Å². The molecule has 1 aromatic rings. The summed E-state index contributed by atoms with van der Waals surface area (Å²) < 4.78 is 5.79. The van der Waals surface area contributed by atoms with Gasteiger partial charge in [-0.25, -0.2) is 0 Å². The van der Waals surface area contributed by atoms with E-state index in [0.29, 0.717) is 6.10 Å². The van der Waals surface area contributed by atoms with Crippen LogP contribution in [-0.2, 0) is 6.42 Å². The van der Waals surface area contributed by atoms with Crippen molar-refractivity contribution in [2.24, 2.45) is 0 Å². The third kappa shape index (κ3) is 1.97. The molecule has 1 aliphatic rings. The molecule has 0 radical (unpaired) electrons. The zero-order valence-corrected chi connectivity index (χ0v) is 8.71. The Morgan fingerprint density at radius 3 is 2.93 bits per heavy atom. The summed E-state index contributed by atoms with van der Waals surface area (Å²) in [5, 5.41) is 3.07. The molecule has 3 heteroatoms. The third-order valence-electron chi connectivity index (χ3n) is 2.37. The first kappa shape index (κ1) is 9.31. The standard InChI is InChI=1S/C11H16N2O/c1-3-10-11(14-9-4-5-9)6-8(12-2)7-13-10/h6-7,9,12H,3-5H2,1-2H3. The lowest BCUT2D eigenvalue weighted by molar-refractivity contribution is 0.298. The second kappa shape index (κ2) is 3.86. The Hall–Kier alpha value is -1.25. The summed E-state index contributed by atoms with van der Waals surface area (Å²) in [5.74, 6) is 0.946. The van der Waals surface area contributed by atoms with E-state index in [4.69, 9.17) is 4.74 Å². The van der Waals surface area contributed by atoms with Crippen molar-refractivity contribution in [1.82, 2.24) is 4.98 Å². The molecule has 76 valence electrons. The van der Waals surface area contributed by atoms with Crippen LogP contribution in [0.1, 0.15) is 25.5 Å². The molecular formula is C11H16N2O. The van der Waals surface area contributed by atoms with E-state index in [-0.39, 0.29) is 0 Å². The van der Waals surface area contributed by atoms with Crippen molar-refractivity contribution in [2.75, 3.05) is 12.4 Å². The van der Waals surface area contributed by atoms with Gasteiger partial charge in [0.05, 0.1) is 23.7 Å². The Labute approximate surface area is 84.5 Å². The van der Waals surface area contributed by atoms with Gasteiger partial charge in [0.15, 0.2) is 0 Å². The number of pyridine rings is 1. The van der Waals surface area contributed by atoms with Crippen molar-refractivity contribution < 1.29 is 4.74 Å². The molecule has 1 fully saturated rings. The summed E-state index contributed by atoms with van der Waals surface area (Å²) in [6.45, 7) is 2.10. The number of aromatic nitrogens is 1. The van der Waals surface area contributed by atoms with E-state index in [0.717, 1.165) is 23.6 Å². The SMILES string of the molecule is CCc1ncc(NC)cc1OC1CC1. The largest absolute Gasteiger partial charge is 0.488 e. The van der Waals surface area contributed by atoms with Gasteiger partial charge in [-0.3, -0.25) is 4.98 Å². The maximum atomic E-state index is 5.79. The van der Waals surface area contributed by atoms with Crippen LogP contribution < -0.4 is 10.1 Å². The molecule has 1 saturated carbocycles. The van der Waals surface area contributed by atoms with Gasteiger partial charge in [-0.15, -0.1) is 0 Å². The van der Waals surface area contributed by atoms with Gasteiger partial charge in [0.1, 0.15) is 5.75 Å². The number of rotatable bonds is 4. The molecule has 0 aromatic carbocycles. The highest BCUT2D eigenvalue weighted by Gasteiger charge is 2.24. The fourth-order valence-electron chi connectivity index (χ4n) is 1.34. The zero-order valence-electron chi connectivity index (χ0n) is 8.71. The van der Waals surface area contributed by atoms with Crippen molar-refractivity contribution >= 4 is 5.69 Å². The van der Waals surface area contributed by atoms with Gasteiger partial charge >= 0.3 is 0 Å². The predicted octanol–water partition coefficient (Wildman–Crippen LogP) is 2.23. The first-order chi connectivity index (χ1) is 6.83. The van der Waals surface area contributed by atoms with Crippen LogP contribution in [0.4, 0.5) is 5.69 Å². The van der Waals surface area contributed by atoms with E-state index >= 15 is 0 Å². The molecule has 1 aromatic heterocycles. The smallest absolute Gasteiger partial charge is 0.143 e. The molecule has 0 amide bonds. The predicted molar refractivity (Wildman–Crippen MR) is 56.8 cm³/mol. The van der Waals surface area contributed by atoms with Gasteiger partial charge in [-0.2, -0.15) is 0 Å². The zero-order chi connectivity index (χ0) is 9.97. The van der Waals surface area contributed by atoms with Crippen LogP contribution in [-0.4, -0.2) is 18.1 Å². The second-order valence-corrected chi connectivity index (χ2v) is 3.59. The van der Waals surface area contributed by atoms with Gasteiger partial charge < -0.3 is 10.1 Å². The van der Waals surface area contributed by atoms with Crippen LogP contribution in [0, 0.1) is 0 Å². The van der Waals surface area contributed by atoms with E-state index in [9.17, 15) is 0 Å². The van der Waals surface area contributed by atoms with Crippen molar-refractivity contribution in [1.29, 1.82) is 0 Å². The van der Waals surface area contributed by atoms with Crippen LogP contribution in [0.3, 0.4) is 0 Å². The van der Waals surface area contributed by atoms with E-state index in [1.807, 2.05) is 19.3 Å². The van der Waals surface area contributed by atoms with Crippen LogP contribution in [0.15, 0.2) is 12.3 Å². The molecule has 1 heterocycles. The van der Waals surface area contributed by atoms with E-state index < -0.39 is 0 Å². The summed E-state index contributed by atoms with van der Waals surface area (Å²) in [4.78, 5) is 4.36. The van der Waals surface area contributed by atoms with Gasteiger partial charge in [0, 0.05) is 13.1 Å². The van der Waals surface area contributed by atoms with Crippen molar-refractivity contribution in [3.05, 3.63) is 18.0 Å². The number of aryl methyl sites for hydroxylation is 1. The lowest BCUT2D eigenvalue weighted by Crippen LogP contribution is -2.02. The fourth-order valence-corrected chi connectivity index (χ4v) is 1.34. The number of anilines is 1. The summed E-state index contributed by atoms with van der Waals surface area (Å²) in [7, 11) is 1.89. The van der Waals surface area contributed by atoms with Crippen molar-refractivity contribution in [3.8, 4) is 5.75 Å². The van der Waals surface area contributed by atoms with Gasteiger partial charge in [-0.1, -0.05) is 6.92 Å². The molecule has 0 saturated heterocycles. The average molecular weight is 192 g/mol. The van der Waals surface area contributed by atoms with Gasteiger partial charge in [-0.05, 0) is 19.3 Å². The molecule has 3 nitrogen and oxygen atoms in total. The lowest BCUT2D eigenvalue weighted by atomic mass is 10.2. The number of nitrogens with zero attached hydrogens (tertiary/aromatic N) is 1. The summed E-state index contributed by atoms with van der Waals surface area (Å²) in [5.41, 5.74) is 2.06. The van der Waals surface area contributed by atoms with E-state index in [2.05, 4.69) is 17.2 Å². The number of ether oxygens (including phenoxy) is 1. The number of hydrogen-bond acceptors (Lipinski definition) is 3. The second-order valence-electron chi connectivity index (χ2n) is 3.59. The molecule has 0 atom stereocenters. The topological polar surface area (TPSA) is 34.2 Å². The minimum absolute atomic E-state index is 0.439. The van der Waals surface area contributed by atoms with E-state index in [1.54, 1.807) is 0 Å². The molecule has 1 aliphatic carbocycles. The highest BCUT2D eigenvalue weighted by atomic mass is 16.5. The summed E-state index contributed by atoms with van der Waals surface area (Å²) >= 11 is 0. The molecule has 0 bridgehead atoms. The lowest BCUT2D eigenvalue weighted by Gasteiger charge is -2.10. The minimum Gasteiger partial charge on any atom is -0.488 e. The van der Waals surface area contributed by atoms with Gasteiger partial charge in [0.25, 0.3) is 0 Å². The van der Waals surface area contributed by atoms with Crippen LogP contribution in [0.5, 0.6) is 5.75 Å². The Kier molecular flexibility index (Phi) is 2.57. The third-order valence-corrected chi connectivity index (χ3v) is 2.37. The summed E-state index contributed by atoms with van der Waals surface area (Å²) in [6.07, 6.45) is 5.58. The first-order valence-electron chi connectivity index (χ1n) is 5.16. The quantitative estimate of drug-likeness (QED) is 0.794. The monoisotopic (exact) mass is 192 g/mol. The number of hydrogen-bond donors (Lipinski definition) is 1. The molecule has 0 unspecified atom stereocenters. The van der Waals surface area contributed by atoms with Gasteiger partial charge in [0.2, 0.25) is 0 Å². The number of nitrogens with one attached hydrogen (secondary N) is 1. The Balaban J connectivity index is 2.21. The Morgan fingerprint density at radius 1 is 1.57 bits per heavy atom. The van der Waals surface area contributed by atoms with Crippen LogP contribution in [0.25, 0.3) is 0 Å². The van der Waals surface area contributed by atoms with Crippen molar-refractivity contribution in [2.45, 2.75) is 32.3 Å². The molecule has 2 rings (SSSR count). The average Bonchev–Trinajstić information content (AvgIpc) is 3.01. The Bertz CT molecular complexity index is 321. The Morgan fingerprint density at radius 2 is 2.36 bits per heavy atom. The first-order valence-corrected chi connectivity index (χ1v) is 5.16. The molecular weight excluding hydrogens is 176 g/mol. The maximum Gasteiger partial charge on any atom is 0.143 e. The van der Waals surface area contributed by atoms with Crippen LogP contribution >= 0.6 is 0 Å². The molecule has 0 spiro atoms. The minimum atomic E-state index is 0.439.